The van der Waals surface area contributed by atoms with E-state index in [1.54, 1.807) is 18.4 Å². The van der Waals surface area contributed by atoms with Crippen molar-refractivity contribution in [2.75, 3.05) is 20.3 Å². The van der Waals surface area contributed by atoms with Gasteiger partial charge < -0.3 is 9.47 Å². The lowest BCUT2D eigenvalue weighted by molar-refractivity contribution is 0.216. The molecule has 3 aromatic rings. The number of nitrogens with zero attached hydrogens (tertiary/aromatic N) is 3. The van der Waals surface area contributed by atoms with Gasteiger partial charge in [-0.05, 0) is 43.7 Å². The van der Waals surface area contributed by atoms with Crippen molar-refractivity contribution in [2.24, 2.45) is 7.05 Å². The van der Waals surface area contributed by atoms with Crippen LogP contribution in [-0.2, 0) is 20.1 Å². The number of fused-ring (bicyclic) bond motifs is 1. The summed E-state index contributed by atoms with van der Waals surface area (Å²) in [5.74, 6) is 1.69. The molecule has 0 saturated carbocycles. The summed E-state index contributed by atoms with van der Waals surface area (Å²) in [7, 11) is 3.68. The molecule has 0 amide bonds. The molecule has 0 N–H and O–H groups in total. The van der Waals surface area contributed by atoms with E-state index in [-0.39, 0.29) is 0 Å². The fourth-order valence-corrected chi connectivity index (χ4v) is 4.46. The first-order valence-corrected chi connectivity index (χ1v) is 9.97. The molecule has 0 spiro atoms. The SMILES string of the molecule is COc1cc(-c2ccc(C)s2)cc2c1OCCN(Cc1cn(C)nc1C)C2. The molecular weight excluding hydrogens is 358 g/mol. The molecule has 1 aliphatic heterocycles. The molecule has 142 valence electrons. The summed E-state index contributed by atoms with van der Waals surface area (Å²) in [5.41, 5.74) is 4.71. The van der Waals surface area contributed by atoms with E-state index in [0.717, 1.165) is 36.8 Å². The summed E-state index contributed by atoms with van der Waals surface area (Å²) in [4.78, 5) is 4.98. The largest absolute Gasteiger partial charge is 0.493 e. The smallest absolute Gasteiger partial charge is 0.165 e. The first-order valence-electron chi connectivity index (χ1n) is 9.15. The highest BCUT2D eigenvalue weighted by Gasteiger charge is 2.21. The van der Waals surface area contributed by atoms with Gasteiger partial charge in [0.2, 0.25) is 0 Å². The van der Waals surface area contributed by atoms with Crippen molar-refractivity contribution in [3.63, 3.8) is 0 Å². The van der Waals surface area contributed by atoms with E-state index in [1.807, 2.05) is 11.7 Å². The molecule has 0 fully saturated rings. The van der Waals surface area contributed by atoms with Crippen LogP contribution in [-0.4, -0.2) is 34.9 Å². The van der Waals surface area contributed by atoms with Gasteiger partial charge in [-0.2, -0.15) is 5.10 Å². The number of aromatic nitrogens is 2. The summed E-state index contributed by atoms with van der Waals surface area (Å²) in [6.45, 7) is 7.43. The zero-order valence-corrected chi connectivity index (χ0v) is 17.1. The highest BCUT2D eigenvalue weighted by atomic mass is 32.1. The van der Waals surface area contributed by atoms with Crippen molar-refractivity contribution in [2.45, 2.75) is 26.9 Å². The van der Waals surface area contributed by atoms with Gasteiger partial charge in [0.05, 0.1) is 12.8 Å². The van der Waals surface area contributed by atoms with Crippen molar-refractivity contribution >= 4 is 11.3 Å². The fourth-order valence-electron chi connectivity index (χ4n) is 3.60. The molecule has 0 unspecified atom stereocenters. The van der Waals surface area contributed by atoms with Crippen molar-refractivity contribution < 1.29 is 9.47 Å². The van der Waals surface area contributed by atoms with Crippen LogP contribution in [0.2, 0.25) is 0 Å². The number of ether oxygens (including phenoxy) is 2. The van der Waals surface area contributed by atoms with Crippen LogP contribution < -0.4 is 9.47 Å². The van der Waals surface area contributed by atoms with Crippen LogP contribution in [0.25, 0.3) is 10.4 Å². The van der Waals surface area contributed by atoms with Crippen LogP contribution in [0.15, 0.2) is 30.5 Å². The van der Waals surface area contributed by atoms with Crippen LogP contribution in [0.1, 0.15) is 21.7 Å². The van der Waals surface area contributed by atoms with E-state index in [2.05, 4.69) is 54.3 Å². The molecule has 1 aliphatic rings. The Hall–Kier alpha value is -2.31. The number of hydrogen-bond acceptors (Lipinski definition) is 5. The number of aryl methyl sites for hydroxylation is 3. The molecule has 3 heterocycles. The van der Waals surface area contributed by atoms with Gasteiger partial charge in [0.1, 0.15) is 6.61 Å². The first kappa shape index (κ1) is 18.1. The highest BCUT2D eigenvalue weighted by molar-refractivity contribution is 7.15. The van der Waals surface area contributed by atoms with Crippen LogP contribution in [0.3, 0.4) is 0 Å². The molecule has 0 aliphatic carbocycles. The monoisotopic (exact) mass is 383 g/mol. The minimum absolute atomic E-state index is 0.653. The molecule has 4 rings (SSSR count). The summed E-state index contributed by atoms with van der Waals surface area (Å²) in [5, 5.41) is 4.47. The Bertz CT molecular complexity index is 960. The van der Waals surface area contributed by atoms with Gasteiger partial charge in [0, 0.05) is 53.8 Å². The third kappa shape index (κ3) is 3.73. The van der Waals surface area contributed by atoms with Crippen LogP contribution in [0.4, 0.5) is 0 Å². The average molecular weight is 384 g/mol. The van der Waals surface area contributed by atoms with Crippen molar-refractivity contribution in [1.29, 1.82) is 0 Å². The third-order valence-corrected chi connectivity index (χ3v) is 5.98. The van der Waals surface area contributed by atoms with E-state index in [0.29, 0.717) is 6.61 Å². The molecule has 0 saturated heterocycles. The number of rotatable bonds is 4. The number of benzene rings is 1. The number of thiophene rings is 1. The second kappa shape index (κ2) is 7.37. The summed E-state index contributed by atoms with van der Waals surface area (Å²) >= 11 is 1.80. The van der Waals surface area contributed by atoms with E-state index in [4.69, 9.17) is 9.47 Å². The maximum absolute atomic E-state index is 6.09. The normalized spacial score (nSPS) is 14.5. The Morgan fingerprint density at radius 3 is 2.78 bits per heavy atom. The molecule has 0 atom stereocenters. The van der Waals surface area contributed by atoms with Crippen LogP contribution in [0.5, 0.6) is 11.5 Å². The number of methoxy groups -OCH3 is 1. The zero-order chi connectivity index (χ0) is 19.0. The van der Waals surface area contributed by atoms with Gasteiger partial charge in [0.15, 0.2) is 11.5 Å². The topological polar surface area (TPSA) is 39.5 Å². The lowest BCUT2D eigenvalue weighted by atomic mass is 10.1. The molecule has 27 heavy (non-hydrogen) atoms. The van der Waals surface area contributed by atoms with Gasteiger partial charge in [-0.25, -0.2) is 0 Å². The fraction of sp³-hybridized carbons (Fsp3) is 0.381. The lowest BCUT2D eigenvalue weighted by Crippen LogP contribution is -2.25. The van der Waals surface area contributed by atoms with E-state index >= 15 is 0 Å². The van der Waals surface area contributed by atoms with Crippen LogP contribution in [0, 0.1) is 13.8 Å². The number of hydrogen-bond donors (Lipinski definition) is 0. The second-order valence-corrected chi connectivity index (χ2v) is 8.34. The van der Waals surface area contributed by atoms with Gasteiger partial charge in [0.25, 0.3) is 0 Å². The predicted molar refractivity (Wildman–Crippen MR) is 109 cm³/mol. The third-order valence-electron chi connectivity index (χ3n) is 4.93. The molecule has 0 bridgehead atoms. The Morgan fingerprint density at radius 1 is 1.26 bits per heavy atom. The van der Waals surface area contributed by atoms with Gasteiger partial charge in [-0.1, -0.05) is 0 Å². The Labute approximate surface area is 164 Å². The zero-order valence-electron chi connectivity index (χ0n) is 16.3. The van der Waals surface area contributed by atoms with Crippen molar-refractivity contribution in [3.05, 3.63) is 52.2 Å². The minimum Gasteiger partial charge on any atom is -0.493 e. The molecule has 1 aromatic carbocycles. The first-order chi connectivity index (χ1) is 13.0. The maximum atomic E-state index is 6.09. The Morgan fingerprint density at radius 2 is 2.11 bits per heavy atom. The minimum atomic E-state index is 0.653. The molecule has 0 radical (unpaired) electrons. The van der Waals surface area contributed by atoms with E-state index < -0.39 is 0 Å². The highest BCUT2D eigenvalue weighted by Crippen LogP contribution is 2.40. The average Bonchev–Trinajstić information content (AvgIpc) is 3.13. The summed E-state index contributed by atoms with van der Waals surface area (Å²) in [6, 6.07) is 8.67. The van der Waals surface area contributed by atoms with Crippen LogP contribution >= 0.6 is 11.3 Å². The molecule has 6 heteroatoms. The van der Waals surface area contributed by atoms with E-state index in [1.165, 1.54) is 26.4 Å². The lowest BCUT2D eigenvalue weighted by Gasteiger charge is -2.19. The van der Waals surface area contributed by atoms with E-state index in [9.17, 15) is 0 Å². The van der Waals surface area contributed by atoms with Gasteiger partial charge in [-0.3, -0.25) is 9.58 Å². The quantitative estimate of drug-likeness (QED) is 0.678. The Balaban J connectivity index is 1.67. The Kier molecular flexibility index (Phi) is 4.93. The van der Waals surface area contributed by atoms with Crippen molar-refractivity contribution in [1.82, 2.24) is 14.7 Å². The molecule has 2 aromatic heterocycles. The molecule has 5 nitrogen and oxygen atoms in total. The van der Waals surface area contributed by atoms with Gasteiger partial charge >= 0.3 is 0 Å². The van der Waals surface area contributed by atoms with Crippen molar-refractivity contribution in [3.8, 4) is 21.9 Å². The predicted octanol–water partition coefficient (Wildman–Crippen LogP) is 4.17. The standard InChI is InChI=1S/C21H25N3O2S/c1-14-5-6-20(27-14)16-9-17-12-24(13-18-11-23(3)22-15(18)2)7-8-26-21(17)19(10-16)25-4/h5-6,9-11H,7-8,12-13H2,1-4H3. The summed E-state index contributed by atoms with van der Waals surface area (Å²) < 4.78 is 13.6. The summed E-state index contributed by atoms with van der Waals surface area (Å²) in [6.07, 6.45) is 2.10. The second-order valence-electron chi connectivity index (χ2n) is 7.05. The molecular formula is C21H25N3O2S. The maximum Gasteiger partial charge on any atom is 0.165 e. The van der Waals surface area contributed by atoms with Gasteiger partial charge in [-0.15, -0.1) is 11.3 Å².